The SMILES string of the molecule is CCOC(=O)c1cnc2c(-c3cc(C)cc(C)c3C)ncn2c1C(C)C. The number of rotatable bonds is 4. The minimum Gasteiger partial charge on any atom is -0.462 e. The van der Waals surface area contributed by atoms with Gasteiger partial charge in [0.15, 0.2) is 5.65 Å². The van der Waals surface area contributed by atoms with Gasteiger partial charge >= 0.3 is 5.97 Å². The van der Waals surface area contributed by atoms with Gasteiger partial charge in [-0.15, -0.1) is 0 Å². The van der Waals surface area contributed by atoms with Crippen LogP contribution >= 0.6 is 0 Å². The Hall–Kier alpha value is -2.69. The Morgan fingerprint density at radius 1 is 1.19 bits per heavy atom. The molecule has 0 amide bonds. The lowest BCUT2D eigenvalue weighted by Crippen LogP contribution is -2.13. The van der Waals surface area contributed by atoms with Crippen LogP contribution in [0.3, 0.4) is 0 Å². The summed E-state index contributed by atoms with van der Waals surface area (Å²) in [5.74, 6) is -0.217. The first kappa shape index (κ1) is 18.1. The van der Waals surface area contributed by atoms with Gasteiger partial charge in [0.1, 0.15) is 12.0 Å². The van der Waals surface area contributed by atoms with E-state index in [1.807, 2.05) is 4.40 Å². The number of esters is 1. The quantitative estimate of drug-likeness (QED) is 0.644. The maximum absolute atomic E-state index is 12.3. The topological polar surface area (TPSA) is 56.5 Å². The van der Waals surface area contributed by atoms with Crippen molar-refractivity contribution in [3.63, 3.8) is 0 Å². The third-order valence-corrected chi connectivity index (χ3v) is 4.70. The van der Waals surface area contributed by atoms with E-state index in [1.165, 1.54) is 16.7 Å². The van der Waals surface area contributed by atoms with Crippen molar-refractivity contribution in [1.82, 2.24) is 14.4 Å². The number of aryl methyl sites for hydroxylation is 2. The summed E-state index contributed by atoms with van der Waals surface area (Å²) in [7, 11) is 0. The van der Waals surface area contributed by atoms with Crippen LogP contribution < -0.4 is 0 Å². The normalized spacial score (nSPS) is 11.3. The summed E-state index contributed by atoms with van der Waals surface area (Å²) in [6, 6.07) is 4.31. The van der Waals surface area contributed by atoms with Gasteiger partial charge in [0.25, 0.3) is 0 Å². The molecular formula is C21H25N3O2. The second-order valence-corrected chi connectivity index (χ2v) is 6.97. The van der Waals surface area contributed by atoms with E-state index in [-0.39, 0.29) is 11.9 Å². The van der Waals surface area contributed by atoms with Crippen molar-refractivity contribution in [2.75, 3.05) is 6.61 Å². The summed E-state index contributed by atoms with van der Waals surface area (Å²) in [6.45, 7) is 12.5. The van der Waals surface area contributed by atoms with Crippen LogP contribution in [0.25, 0.3) is 16.9 Å². The fourth-order valence-electron chi connectivity index (χ4n) is 3.39. The van der Waals surface area contributed by atoms with Crippen LogP contribution in [0.5, 0.6) is 0 Å². The van der Waals surface area contributed by atoms with Gasteiger partial charge in [0, 0.05) is 17.5 Å². The highest BCUT2D eigenvalue weighted by Crippen LogP contribution is 2.31. The Morgan fingerprint density at radius 2 is 1.92 bits per heavy atom. The van der Waals surface area contributed by atoms with Gasteiger partial charge in [0.05, 0.1) is 12.2 Å². The molecule has 0 bridgehead atoms. The van der Waals surface area contributed by atoms with Crippen LogP contribution in [-0.4, -0.2) is 26.9 Å². The lowest BCUT2D eigenvalue weighted by Gasteiger charge is -2.14. The summed E-state index contributed by atoms with van der Waals surface area (Å²) >= 11 is 0. The van der Waals surface area contributed by atoms with Gasteiger partial charge in [-0.25, -0.2) is 14.8 Å². The third-order valence-electron chi connectivity index (χ3n) is 4.70. The molecule has 26 heavy (non-hydrogen) atoms. The predicted molar refractivity (Wildman–Crippen MR) is 103 cm³/mol. The van der Waals surface area contributed by atoms with E-state index in [4.69, 9.17) is 4.74 Å². The highest BCUT2D eigenvalue weighted by molar-refractivity contribution is 5.91. The molecule has 3 rings (SSSR count). The summed E-state index contributed by atoms with van der Waals surface area (Å²) in [6.07, 6.45) is 3.37. The average molecular weight is 351 g/mol. The van der Waals surface area contributed by atoms with Crippen LogP contribution in [-0.2, 0) is 4.74 Å². The Morgan fingerprint density at radius 3 is 2.58 bits per heavy atom. The molecule has 0 N–H and O–H groups in total. The number of imidazole rings is 1. The van der Waals surface area contributed by atoms with Gasteiger partial charge in [-0.05, 0) is 50.8 Å². The number of nitrogens with zero attached hydrogens (tertiary/aromatic N) is 3. The van der Waals surface area contributed by atoms with Gasteiger partial charge in [-0.2, -0.15) is 0 Å². The van der Waals surface area contributed by atoms with Crippen molar-refractivity contribution in [2.45, 2.75) is 47.5 Å². The maximum Gasteiger partial charge on any atom is 0.341 e. The van der Waals surface area contributed by atoms with Gasteiger partial charge in [-0.1, -0.05) is 25.5 Å². The number of benzene rings is 1. The second-order valence-electron chi connectivity index (χ2n) is 6.97. The highest BCUT2D eigenvalue weighted by atomic mass is 16.5. The van der Waals surface area contributed by atoms with Crippen molar-refractivity contribution >= 4 is 11.6 Å². The Bertz CT molecular complexity index is 987. The molecule has 0 aliphatic carbocycles. The maximum atomic E-state index is 12.3. The first-order valence-electron chi connectivity index (χ1n) is 8.96. The summed E-state index contributed by atoms with van der Waals surface area (Å²) in [5.41, 5.74) is 7.66. The molecule has 0 atom stereocenters. The zero-order chi connectivity index (χ0) is 19.0. The molecule has 0 aliphatic heterocycles. The van der Waals surface area contributed by atoms with Crippen LogP contribution in [0.4, 0.5) is 0 Å². The van der Waals surface area contributed by atoms with Crippen molar-refractivity contribution in [3.8, 4) is 11.3 Å². The van der Waals surface area contributed by atoms with Crippen molar-refractivity contribution in [2.24, 2.45) is 0 Å². The second kappa shape index (κ2) is 6.90. The molecular weight excluding hydrogens is 326 g/mol. The molecule has 5 nitrogen and oxygen atoms in total. The largest absolute Gasteiger partial charge is 0.462 e. The smallest absolute Gasteiger partial charge is 0.341 e. The first-order chi connectivity index (χ1) is 12.3. The molecule has 0 saturated heterocycles. The fourth-order valence-corrected chi connectivity index (χ4v) is 3.39. The van der Waals surface area contributed by atoms with Crippen molar-refractivity contribution in [1.29, 1.82) is 0 Å². The molecule has 1 aromatic carbocycles. The van der Waals surface area contributed by atoms with Crippen LogP contribution in [0.1, 0.15) is 59.4 Å². The van der Waals surface area contributed by atoms with E-state index in [0.717, 1.165) is 22.6 Å². The lowest BCUT2D eigenvalue weighted by molar-refractivity contribution is 0.0523. The van der Waals surface area contributed by atoms with E-state index in [1.54, 1.807) is 19.4 Å². The number of carbonyl (C=O) groups excluding carboxylic acids is 1. The third kappa shape index (κ3) is 2.98. The molecule has 0 spiro atoms. The van der Waals surface area contributed by atoms with Crippen LogP contribution in [0.2, 0.25) is 0 Å². The molecule has 0 radical (unpaired) electrons. The Kier molecular flexibility index (Phi) is 4.81. The zero-order valence-electron chi connectivity index (χ0n) is 16.3. The predicted octanol–water partition coefficient (Wildman–Crippen LogP) is 4.62. The van der Waals surface area contributed by atoms with Crippen molar-refractivity contribution < 1.29 is 9.53 Å². The Labute approximate surface area is 154 Å². The van der Waals surface area contributed by atoms with Gasteiger partial charge < -0.3 is 4.74 Å². The fraction of sp³-hybridized carbons (Fsp3) is 0.381. The monoisotopic (exact) mass is 351 g/mol. The van der Waals surface area contributed by atoms with Crippen LogP contribution in [0, 0.1) is 20.8 Å². The van der Waals surface area contributed by atoms with E-state index in [9.17, 15) is 4.79 Å². The first-order valence-corrected chi connectivity index (χ1v) is 8.96. The summed E-state index contributed by atoms with van der Waals surface area (Å²) in [4.78, 5) is 21.5. The number of hydrogen-bond donors (Lipinski definition) is 0. The molecule has 3 aromatic rings. The lowest BCUT2D eigenvalue weighted by atomic mass is 9.98. The van der Waals surface area contributed by atoms with E-state index in [2.05, 4.69) is 56.7 Å². The Balaban J connectivity index is 2.27. The number of aromatic nitrogens is 3. The van der Waals surface area contributed by atoms with E-state index < -0.39 is 0 Å². The zero-order valence-corrected chi connectivity index (χ0v) is 16.3. The molecule has 0 unspecified atom stereocenters. The van der Waals surface area contributed by atoms with Crippen LogP contribution in [0.15, 0.2) is 24.7 Å². The van der Waals surface area contributed by atoms with Crippen molar-refractivity contribution in [3.05, 3.63) is 52.6 Å². The average Bonchev–Trinajstić information content (AvgIpc) is 3.01. The molecule has 0 aliphatic rings. The van der Waals surface area contributed by atoms with Gasteiger partial charge in [-0.3, -0.25) is 4.40 Å². The summed E-state index contributed by atoms with van der Waals surface area (Å²) in [5, 5.41) is 0. The van der Waals surface area contributed by atoms with E-state index in [0.29, 0.717) is 12.2 Å². The van der Waals surface area contributed by atoms with E-state index >= 15 is 0 Å². The number of carbonyl (C=O) groups is 1. The number of fused-ring (bicyclic) bond motifs is 1. The molecule has 2 aromatic heterocycles. The highest BCUT2D eigenvalue weighted by Gasteiger charge is 2.22. The number of hydrogen-bond acceptors (Lipinski definition) is 4. The molecule has 2 heterocycles. The molecule has 5 heteroatoms. The number of ether oxygens (including phenoxy) is 1. The summed E-state index contributed by atoms with van der Waals surface area (Å²) < 4.78 is 7.12. The standard InChI is InChI=1S/C21H25N3O2/c1-7-26-21(25)17-10-22-20-18(23-11-24(20)19(17)12(2)3)16-9-13(4)8-14(5)15(16)6/h8-12H,7H2,1-6H3. The molecule has 0 fully saturated rings. The molecule has 136 valence electrons. The minimum absolute atomic E-state index is 0.127. The van der Waals surface area contributed by atoms with Gasteiger partial charge in [0.2, 0.25) is 0 Å². The molecule has 0 saturated carbocycles. The minimum atomic E-state index is -0.344.